The highest BCUT2D eigenvalue weighted by molar-refractivity contribution is 5.94. The Hall–Kier alpha value is -2.90. The van der Waals surface area contributed by atoms with Crippen LogP contribution in [0.3, 0.4) is 0 Å². The Labute approximate surface area is 144 Å². The number of hydrogen-bond donors (Lipinski definition) is 1. The molecule has 0 aliphatic heterocycles. The molecular formula is C17H19FN2O5. The maximum absolute atomic E-state index is 13.6. The van der Waals surface area contributed by atoms with Crippen molar-refractivity contribution in [3.63, 3.8) is 0 Å². The molecule has 0 spiro atoms. The lowest BCUT2D eigenvalue weighted by atomic mass is 10.1. The van der Waals surface area contributed by atoms with Crippen LogP contribution >= 0.6 is 0 Å². The number of nitrogens with zero attached hydrogens (tertiary/aromatic N) is 1. The molecule has 0 saturated carbocycles. The topological polar surface area (TPSA) is 90.7 Å². The van der Waals surface area contributed by atoms with Crippen molar-refractivity contribution in [3.05, 3.63) is 41.4 Å². The fraction of sp³-hybridized carbons (Fsp3) is 0.353. The number of aromatic nitrogens is 1. The maximum Gasteiger partial charge on any atom is 0.311 e. The summed E-state index contributed by atoms with van der Waals surface area (Å²) in [5.41, 5.74) is 0.422. The van der Waals surface area contributed by atoms with E-state index >= 15 is 0 Å². The molecule has 25 heavy (non-hydrogen) atoms. The van der Waals surface area contributed by atoms with Crippen molar-refractivity contribution in [3.8, 4) is 5.75 Å². The van der Waals surface area contributed by atoms with Gasteiger partial charge in [0.1, 0.15) is 5.76 Å². The van der Waals surface area contributed by atoms with Crippen LogP contribution in [-0.2, 0) is 20.7 Å². The van der Waals surface area contributed by atoms with E-state index in [0.29, 0.717) is 11.3 Å². The summed E-state index contributed by atoms with van der Waals surface area (Å²) < 4.78 is 28.5. The van der Waals surface area contributed by atoms with E-state index in [1.807, 2.05) is 0 Å². The quantitative estimate of drug-likeness (QED) is 0.772. The van der Waals surface area contributed by atoms with Gasteiger partial charge in [-0.25, -0.2) is 4.39 Å². The van der Waals surface area contributed by atoms with E-state index < -0.39 is 23.8 Å². The van der Waals surface area contributed by atoms with Crippen LogP contribution in [0.15, 0.2) is 28.8 Å². The fourth-order valence-corrected chi connectivity index (χ4v) is 2.14. The third kappa shape index (κ3) is 5.03. The molecule has 7 nitrogen and oxygen atoms in total. The molecule has 0 fully saturated rings. The monoisotopic (exact) mass is 350 g/mol. The average molecular weight is 350 g/mol. The summed E-state index contributed by atoms with van der Waals surface area (Å²) in [5.74, 6) is -0.839. The minimum Gasteiger partial charge on any atom is -0.494 e. The highest BCUT2D eigenvalue weighted by Crippen LogP contribution is 2.18. The number of rotatable bonds is 7. The van der Waals surface area contributed by atoms with Crippen LogP contribution in [0.2, 0.25) is 0 Å². The second-order valence-electron chi connectivity index (χ2n) is 5.34. The van der Waals surface area contributed by atoms with Crippen LogP contribution in [-0.4, -0.2) is 30.2 Å². The van der Waals surface area contributed by atoms with Crippen LogP contribution < -0.4 is 10.1 Å². The van der Waals surface area contributed by atoms with Crippen LogP contribution in [0.5, 0.6) is 5.75 Å². The van der Waals surface area contributed by atoms with Crippen molar-refractivity contribution >= 4 is 17.7 Å². The predicted octanol–water partition coefficient (Wildman–Crippen LogP) is 2.63. The van der Waals surface area contributed by atoms with E-state index in [1.165, 1.54) is 19.2 Å². The molecule has 1 amide bonds. The van der Waals surface area contributed by atoms with Crippen molar-refractivity contribution in [2.45, 2.75) is 32.8 Å². The Kier molecular flexibility index (Phi) is 6.10. The zero-order chi connectivity index (χ0) is 18.4. The number of nitrogens with one attached hydrogen (secondary N) is 1. The Bertz CT molecular complexity index is 759. The normalized spacial score (nSPS) is 11.7. The summed E-state index contributed by atoms with van der Waals surface area (Å²) in [6.45, 7) is 3.40. The lowest BCUT2D eigenvalue weighted by Crippen LogP contribution is -2.32. The van der Waals surface area contributed by atoms with Gasteiger partial charge in [-0.1, -0.05) is 18.1 Å². The number of esters is 1. The molecule has 2 aromatic rings. The number of amides is 1. The molecule has 1 unspecified atom stereocenters. The molecule has 0 saturated heterocycles. The predicted molar refractivity (Wildman–Crippen MR) is 86.7 cm³/mol. The first-order valence-electron chi connectivity index (χ1n) is 7.69. The molecule has 8 heteroatoms. The first-order chi connectivity index (χ1) is 11.9. The Balaban J connectivity index is 1.94. The number of aryl methyl sites for hydroxylation is 1. The third-order valence-corrected chi connectivity index (χ3v) is 3.38. The fourth-order valence-electron chi connectivity index (χ4n) is 2.14. The smallest absolute Gasteiger partial charge is 0.311 e. The molecule has 0 radical (unpaired) electrons. The van der Waals surface area contributed by atoms with E-state index in [-0.39, 0.29) is 24.4 Å². The molecule has 0 bridgehead atoms. The molecule has 1 aromatic heterocycles. The van der Waals surface area contributed by atoms with E-state index in [2.05, 4.69) is 10.5 Å². The number of carbonyl (C=O) groups excluding carboxylic acids is 2. The van der Waals surface area contributed by atoms with Crippen LogP contribution in [0.25, 0.3) is 0 Å². The summed E-state index contributed by atoms with van der Waals surface area (Å²) in [5, 5.41) is 6.15. The van der Waals surface area contributed by atoms with Crippen molar-refractivity contribution < 1.29 is 28.0 Å². The van der Waals surface area contributed by atoms with Gasteiger partial charge in [0.25, 0.3) is 5.91 Å². The number of ether oxygens (including phenoxy) is 2. The standard InChI is InChI=1S/C17H19FN2O5/c1-4-13(17(22)19-15-7-10(2)25-20-15)24-16(21)9-11-5-6-14(23-3)12(18)8-11/h5-8,13H,4,9H2,1-3H3,(H,19,20,22). The SMILES string of the molecule is CCC(OC(=O)Cc1ccc(OC)c(F)c1)C(=O)Nc1cc(C)on1. The van der Waals surface area contributed by atoms with Gasteiger partial charge in [-0.3, -0.25) is 9.59 Å². The molecular weight excluding hydrogens is 331 g/mol. The van der Waals surface area contributed by atoms with Gasteiger partial charge in [-0.05, 0) is 31.0 Å². The molecule has 0 aliphatic rings. The van der Waals surface area contributed by atoms with Gasteiger partial charge in [0.2, 0.25) is 0 Å². The second kappa shape index (κ2) is 8.27. The van der Waals surface area contributed by atoms with E-state index in [0.717, 1.165) is 0 Å². The second-order valence-corrected chi connectivity index (χ2v) is 5.34. The van der Waals surface area contributed by atoms with Crippen molar-refractivity contribution in [2.24, 2.45) is 0 Å². The Morgan fingerprint density at radius 1 is 1.36 bits per heavy atom. The van der Waals surface area contributed by atoms with E-state index in [1.54, 1.807) is 26.0 Å². The molecule has 1 N–H and O–H groups in total. The lowest BCUT2D eigenvalue weighted by molar-refractivity contribution is -0.153. The van der Waals surface area contributed by atoms with Gasteiger partial charge in [0, 0.05) is 6.07 Å². The van der Waals surface area contributed by atoms with Gasteiger partial charge in [0.15, 0.2) is 23.5 Å². The number of halogens is 1. The maximum atomic E-state index is 13.6. The zero-order valence-electron chi connectivity index (χ0n) is 14.2. The van der Waals surface area contributed by atoms with Crippen LogP contribution in [0.1, 0.15) is 24.7 Å². The highest BCUT2D eigenvalue weighted by atomic mass is 19.1. The lowest BCUT2D eigenvalue weighted by Gasteiger charge is -2.15. The zero-order valence-corrected chi connectivity index (χ0v) is 14.2. The van der Waals surface area contributed by atoms with Crippen molar-refractivity contribution in [1.29, 1.82) is 0 Å². The third-order valence-electron chi connectivity index (χ3n) is 3.38. The Morgan fingerprint density at radius 2 is 2.12 bits per heavy atom. The number of carbonyl (C=O) groups is 2. The molecule has 1 heterocycles. The largest absolute Gasteiger partial charge is 0.494 e. The molecule has 2 rings (SSSR count). The minimum absolute atomic E-state index is 0.0887. The van der Waals surface area contributed by atoms with Crippen LogP contribution in [0.4, 0.5) is 10.2 Å². The number of anilines is 1. The molecule has 1 aromatic carbocycles. The van der Waals surface area contributed by atoms with Crippen molar-refractivity contribution in [1.82, 2.24) is 5.16 Å². The summed E-state index contributed by atoms with van der Waals surface area (Å²) in [6, 6.07) is 5.73. The van der Waals surface area contributed by atoms with Gasteiger partial charge < -0.3 is 19.3 Å². The summed E-state index contributed by atoms with van der Waals surface area (Å²) >= 11 is 0. The van der Waals surface area contributed by atoms with Gasteiger partial charge in [-0.2, -0.15) is 0 Å². The Morgan fingerprint density at radius 3 is 2.68 bits per heavy atom. The first kappa shape index (κ1) is 18.4. The first-order valence-corrected chi connectivity index (χ1v) is 7.69. The van der Waals surface area contributed by atoms with E-state index in [9.17, 15) is 14.0 Å². The molecule has 134 valence electrons. The summed E-state index contributed by atoms with van der Waals surface area (Å²) in [6.07, 6.45) is -0.855. The number of methoxy groups -OCH3 is 1. The minimum atomic E-state index is -0.979. The average Bonchev–Trinajstić information content (AvgIpc) is 2.97. The molecule has 0 aliphatic carbocycles. The number of hydrogen-bond acceptors (Lipinski definition) is 6. The van der Waals surface area contributed by atoms with Crippen molar-refractivity contribution in [2.75, 3.05) is 12.4 Å². The van der Waals surface area contributed by atoms with Gasteiger partial charge in [0.05, 0.1) is 13.5 Å². The summed E-state index contributed by atoms with van der Waals surface area (Å²) in [7, 11) is 1.35. The van der Waals surface area contributed by atoms with Gasteiger partial charge >= 0.3 is 5.97 Å². The van der Waals surface area contributed by atoms with Gasteiger partial charge in [-0.15, -0.1) is 0 Å². The molecule has 1 atom stereocenters. The highest BCUT2D eigenvalue weighted by Gasteiger charge is 2.22. The number of benzene rings is 1. The van der Waals surface area contributed by atoms with E-state index in [4.69, 9.17) is 14.0 Å². The summed E-state index contributed by atoms with van der Waals surface area (Å²) in [4.78, 5) is 24.2. The van der Waals surface area contributed by atoms with Crippen LogP contribution in [0, 0.1) is 12.7 Å².